The van der Waals surface area contributed by atoms with Gasteiger partial charge >= 0.3 is 16.5 Å². The number of nitrogens with zero attached hydrogens (tertiary/aromatic N) is 4. The number of aromatic nitrogens is 4. The van der Waals surface area contributed by atoms with Crippen LogP contribution in [0, 0.1) is 0 Å². The molecule has 7 heteroatoms. The standard InChI is InChI=1S/C62H58N4O2.Ni/c1-59(2,3)35-25-33(26-36(29-35)60(4,5)6)51-45-21-23-47(63-45)53-39-17-13-15-19-41(39)57(67)43-31-49(65-55(43)53)52(34-27-37(61(7,8)9)30-38(28-34)62(10,11)12)50-32-44-56(66-50)54(48-24-22-46(51)64-48)40-18-14-16-20-42(40)58(44)68;/h13-32H,1-12H3,(H2,63,64,65,66,67,68);/q;+2/p-2. The molecule has 11 rings (SSSR count). The molecular weight excluding hydrogens is 891 g/mol. The number of hydrogen-bond donors (Lipinski definition) is 0. The third kappa shape index (κ3) is 7.52. The molecule has 0 saturated heterocycles. The molecular formula is C62H56N4NiO2. The first kappa shape index (κ1) is 46.1. The Labute approximate surface area is 415 Å². The van der Waals surface area contributed by atoms with Crippen molar-refractivity contribution in [1.29, 1.82) is 0 Å². The van der Waals surface area contributed by atoms with E-state index in [1.807, 2.05) is 60.7 Å². The molecule has 0 spiro atoms. The van der Waals surface area contributed by atoms with E-state index in [1.54, 1.807) is 0 Å². The molecule has 69 heavy (non-hydrogen) atoms. The van der Waals surface area contributed by atoms with Crippen molar-refractivity contribution in [2.45, 2.75) is 105 Å². The Bertz CT molecular complexity index is 3580. The molecule has 4 aliphatic rings. The minimum absolute atomic E-state index is 0. The molecule has 0 saturated carbocycles. The molecule has 0 fully saturated rings. The van der Waals surface area contributed by atoms with Crippen LogP contribution in [0.3, 0.4) is 0 Å². The van der Waals surface area contributed by atoms with Gasteiger partial charge in [0.15, 0.2) is 11.6 Å². The van der Waals surface area contributed by atoms with E-state index in [-0.39, 0.29) is 49.7 Å². The molecule has 0 radical (unpaired) electrons. The average molecular weight is 948 g/mol. The molecule has 2 aliphatic heterocycles. The molecule has 8 bridgehead atoms. The minimum Gasteiger partial charge on any atom is -0.657 e. The van der Waals surface area contributed by atoms with Crippen LogP contribution in [0.4, 0.5) is 0 Å². The third-order valence-electron chi connectivity index (χ3n) is 14.1. The number of allylic oxidation sites excluding steroid dienone is 1. The van der Waals surface area contributed by atoms with E-state index in [4.69, 9.17) is 19.9 Å². The normalized spacial score (nSPS) is 14.1. The first-order valence-electron chi connectivity index (χ1n) is 23.8. The Balaban J connectivity index is 0.00000553. The van der Waals surface area contributed by atoms with Crippen LogP contribution in [-0.2, 0) is 38.2 Å². The maximum atomic E-state index is 14.8. The zero-order valence-corrected chi connectivity index (χ0v) is 42.5. The van der Waals surface area contributed by atoms with Gasteiger partial charge in [0.1, 0.15) is 0 Å². The minimum atomic E-state index is -0.191. The van der Waals surface area contributed by atoms with E-state index in [1.165, 1.54) is 11.1 Å². The van der Waals surface area contributed by atoms with Crippen molar-refractivity contribution >= 4 is 57.4 Å². The van der Waals surface area contributed by atoms with E-state index >= 15 is 0 Å². The van der Waals surface area contributed by atoms with Gasteiger partial charge in [-0.2, -0.15) is 0 Å². The van der Waals surface area contributed by atoms with Crippen LogP contribution < -0.4 is 9.97 Å². The molecule has 5 heterocycles. The van der Waals surface area contributed by atoms with Crippen LogP contribution >= 0.6 is 0 Å². The van der Waals surface area contributed by atoms with Gasteiger partial charge in [-0.1, -0.05) is 186 Å². The number of rotatable bonds is 2. The number of benzene rings is 4. The van der Waals surface area contributed by atoms with Crippen molar-refractivity contribution in [3.05, 3.63) is 165 Å². The fourth-order valence-corrected chi connectivity index (χ4v) is 10.1. The van der Waals surface area contributed by atoms with Gasteiger partial charge in [-0.05, 0) is 107 Å². The zero-order valence-electron chi connectivity index (χ0n) is 41.5. The van der Waals surface area contributed by atoms with Crippen LogP contribution in [0.1, 0.15) is 154 Å². The van der Waals surface area contributed by atoms with Crippen LogP contribution in [0.5, 0.6) is 0 Å². The molecule has 346 valence electrons. The van der Waals surface area contributed by atoms with Gasteiger partial charge in [0.25, 0.3) is 0 Å². The van der Waals surface area contributed by atoms with Crippen LogP contribution in [0.15, 0.2) is 103 Å². The van der Waals surface area contributed by atoms with Gasteiger partial charge in [0.05, 0.1) is 28.3 Å². The van der Waals surface area contributed by atoms with Gasteiger partial charge in [-0.25, -0.2) is 9.97 Å². The summed E-state index contributed by atoms with van der Waals surface area (Å²) in [5.41, 5.74) is 18.4. The van der Waals surface area contributed by atoms with Gasteiger partial charge in [-0.3, -0.25) is 9.59 Å². The summed E-state index contributed by atoms with van der Waals surface area (Å²) in [6.45, 7) is 26.9. The quantitative estimate of drug-likeness (QED) is 0.160. The van der Waals surface area contributed by atoms with Crippen LogP contribution in [0.2, 0.25) is 0 Å². The number of ketones is 2. The molecule has 2 aliphatic carbocycles. The Hall–Kier alpha value is -6.69. The van der Waals surface area contributed by atoms with Crippen molar-refractivity contribution in [2.24, 2.45) is 0 Å². The second-order valence-corrected chi connectivity index (χ2v) is 23.1. The van der Waals surface area contributed by atoms with E-state index in [9.17, 15) is 9.59 Å². The SMILES string of the molecule is CC(C)(C)c1cc(-c2c3nc(c4c5[n-]c(cc5C(=O)c5ccccc5-4)c(-c4cc(C(C)(C)C)cc(C(C)(C)C)c4)c4nc5c(c6ccc2[n-]6)-c2ccccc2C(=O)C5=C4)C=C3)cc(C(C)(C)C)c1.[Ni+2]. The summed E-state index contributed by atoms with van der Waals surface area (Å²) in [6, 6.07) is 35.4. The van der Waals surface area contributed by atoms with E-state index in [2.05, 4.69) is 144 Å². The average Bonchev–Trinajstić information content (AvgIpc) is 4.11. The largest absolute Gasteiger partial charge is 2.00 e. The Morgan fingerprint density at radius 2 is 0.841 bits per heavy atom. The number of carbonyl (C=O) groups is 2. The summed E-state index contributed by atoms with van der Waals surface area (Å²) in [5.74, 6) is -0.183. The predicted octanol–water partition coefficient (Wildman–Crippen LogP) is 14.9. The molecule has 3 aromatic heterocycles. The monoisotopic (exact) mass is 946 g/mol. The molecule has 4 aromatic carbocycles. The van der Waals surface area contributed by atoms with Crippen LogP contribution in [0.25, 0.3) is 90.4 Å². The Morgan fingerprint density at radius 1 is 0.406 bits per heavy atom. The van der Waals surface area contributed by atoms with Crippen LogP contribution in [-0.4, -0.2) is 21.5 Å². The van der Waals surface area contributed by atoms with Crippen molar-refractivity contribution in [3.63, 3.8) is 0 Å². The topological polar surface area (TPSA) is 88.1 Å². The van der Waals surface area contributed by atoms with E-state index < -0.39 is 0 Å². The van der Waals surface area contributed by atoms with E-state index in [0.29, 0.717) is 44.7 Å². The predicted molar refractivity (Wildman–Crippen MR) is 280 cm³/mol. The van der Waals surface area contributed by atoms with Gasteiger partial charge in [0.2, 0.25) is 0 Å². The van der Waals surface area contributed by atoms with E-state index in [0.717, 1.165) is 78.1 Å². The molecule has 0 amide bonds. The Kier molecular flexibility index (Phi) is 10.5. The maximum absolute atomic E-state index is 14.8. The first-order valence-corrected chi connectivity index (χ1v) is 23.8. The Morgan fingerprint density at radius 3 is 1.35 bits per heavy atom. The molecule has 0 atom stereocenters. The summed E-state index contributed by atoms with van der Waals surface area (Å²) >= 11 is 0. The van der Waals surface area contributed by atoms with Gasteiger partial charge in [0, 0.05) is 16.7 Å². The van der Waals surface area contributed by atoms with Crippen molar-refractivity contribution in [3.8, 4) is 44.5 Å². The molecule has 0 N–H and O–H groups in total. The van der Waals surface area contributed by atoms with Crippen molar-refractivity contribution in [1.82, 2.24) is 19.9 Å². The van der Waals surface area contributed by atoms with Crippen molar-refractivity contribution < 1.29 is 26.1 Å². The smallest absolute Gasteiger partial charge is 0.657 e. The van der Waals surface area contributed by atoms with Crippen molar-refractivity contribution in [2.75, 3.05) is 0 Å². The molecule has 6 nitrogen and oxygen atoms in total. The first-order chi connectivity index (χ1) is 32.0. The summed E-state index contributed by atoms with van der Waals surface area (Å²) in [5, 5.41) is 0. The maximum Gasteiger partial charge on any atom is 2.00 e. The fourth-order valence-electron chi connectivity index (χ4n) is 10.1. The second-order valence-electron chi connectivity index (χ2n) is 23.1. The number of carbonyl (C=O) groups excluding carboxylic acids is 2. The molecule has 0 unspecified atom stereocenters. The fraction of sp³-hybridized carbons (Fsp3) is 0.258. The van der Waals surface area contributed by atoms with Gasteiger partial charge in [-0.15, -0.1) is 22.1 Å². The second kappa shape index (κ2) is 15.7. The summed E-state index contributed by atoms with van der Waals surface area (Å²) in [4.78, 5) is 51.8. The van der Waals surface area contributed by atoms with Gasteiger partial charge < -0.3 is 9.97 Å². The number of fused-ring (bicyclic) bond motifs is 12. The third-order valence-corrected chi connectivity index (χ3v) is 14.1. The summed E-state index contributed by atoms with van der Waals surface area (Å²) in [7, 11) is 0. The number of hydrogen-bond acceptors (Lipinski definition) is 4. The summed E-state index contributed by atoms with van der Waals surface area (Å²) in [6.07, 6.45) is 6.09. The summed E-state index contributed by atoms with van der Waals surface area (Å²) < 4.78 is 0. The zero-order chi connectivity index (χ0) is 48.0. The number of Topliss-reactive ketones (excluding diaryl/α,β-unsaturated/α-hetero) is 1. The molecule has 7 aromatic rings.